The summed E-state index contributed by atoms with van der Waals surface area (Å²) in [6, 6.07) is 24.2. The van der Waals surface area contributed by atoms with Gasteiger partial charge < -0.3 is 46.3 Å². The molecule has 2 aromatic carbocycles. The third-order valence-electron chi connectivity index (χ3n) is 12.5. The van der Waals surface area contributed by atoms with Crippen molar-refractivity contribution in [3.8, 4) is 0 Å². The molecule has 2 amide bonds. The number of piperidine rings is 1. The monoisotopic (exact) mass is 946 g/mol. The topological polar surface area (TPSA) is 170 Å². The summed E-state index contributed by atoms with van der Waals surface area (Å²) in [7, 11) is 4.49. The number of thiophene rings is 2. The van der Waals surface area contributed by atoms with Gasteiger partial charge in [0.2, 0.25) is 17.4 Å². The van der Waals surface area contributed by atoms with Gasteiger partial charge in [-0.2, -0.15) is 0 Å². The van der Waals surface area contributed by atoms with Crippen molar-refractivity contribution in [2.75, 3.05) is 14.1 Å². The normalized spacial score (nSPS) is 22.1. The predicted octanol–water partition coefficient (Wildman–Crippen LogP) is 3.79. The molecule has 4 unspecified atom stereocenters. The molecule has 15 heteroatoms. The number of allylic oxidation sites excluding steroid dienone is 1. The van der Waals surface area contributed by atoms with Gasteiger partial charge in [0.15, 0.2) is 5.78 Å². The Bertz CT molecular complexity index is 2260. The number of likely N-dealkylation sites (N-methyl/N-ethyl adjacent to an activating group) is 1. The maximum atomic E-state index is 13.7. The number of esters is 1. The van der Waals surface area contributed by atoms with Crippen LogP contribution in [-0.4, -0.2) is 93.9 Å². The lowest BCUT2D eigenvalue weighted by Gasteiger charge is -2.45. The molecule has 62 heavy (non-hydrogen) atoms. The van der Waals surface area contributed by atoms with Gasteiger partial charge in [0.25, 0.3) is 0 Å². The van der Waals surface area contributed by atoms with Crippen molar-refractivity contribution >= 4 is 57.1 Å². The summed E-state index contributed by atoms with van der Waals surface area (Å²) in [5, 5.41) is 28.1. The number of aromatic amines is 1. The highest BCUT2D eigenvalue weighted by atomic mass is 79.9. The van der Waals surface area contributed by atoms with Crippen molar-refractivity contribution in [3.05, 3.63) is 129 Å². The number of nitrogens with zero attached hydrogens (tertiary/aromatic N) is 1. The zero-order chi connectivity index (χ0) is 43.5. The number of Topliss-reactive ketones (excluding diaryl/α,β-unsaturated/α-hetero) is 1. The number of para-hydroxylation sites is 1. The van der Waals surface area contributed by atoms with Crippen molar-refractivity contribution < 1.29 is 60.4 Å². The number of amides is 2. The van der Waals surface area contributed by atoms with Crippen LogP contribution in [0.1, 0.15) is 65.2 Å². The molecular weight excluding hydrogens is 893 g/mol. The van der Waals surface area contributed by atoms with Crippen LogP contribution in [0, 0.1) is 17.8 Å². The standard InChI is InChI=1S/C28H33N3O4.C19H22NO4S2.BrH/c1-4-10-21(28(34)31-35)22(15-18(2)3)27(33)30-25(16-19-11-6-5-7-12-19)26(32)23-17-29-24-14-9-8-13-20(23)24;1-20(2)12-9-11(10-13(20)17-16(12)24-17)23-18(21)19(22,14-5-3-7-25-14)15-6-4-8-26-15;/h4-9,11-14,17-18,21-22,25,29,35H,1,10,15-16H2,2-3H3,(H,30,33)(H,31,34);3-8,11-13,16-17,22H,9-10H2,1-2H3;1H/q;+1;/p-1/t21-,22-,25+;;/m1../s1. The summed E-state index contributed by atoms with van der Waals surface area (Å²) in [6.07, 6.45) is 6.21. The minimum atomic E-state index is -1.72. The van der Waals surface area contributed by atoms with Gasteiger partial charge in [-0.05, 0) is 53.3 Å². The fraction of sp³-hybridized carbons (Fsp3) is 0.404. The maximum absolute atomic E-state index is 13.7. The van der Waals surface area contributed by atoms with E-state index in [1.54, 1.807) is 29.9 Å². The molecule has 3 aliphatic heterocycles. The molecule has 12 nitrogen and oxygen atoms in total. The van der Waals surface area contributed by atoms with Crippen LogP contribution in [0.5, 0.6) is 0 Å². The molecule has 3 aliphatic rings. The first kappa shape index (κ1) is 47.0. The first-order valence-electron chi connectivity index (χ1n) is 20.8. The average Bonchev–Trinajstić information content (AvgIpc) is 3.68. The highest BCUT2D eigenvalue weighted by Gasteiger charge is 2.71. The third kappa shape index (κ3) is 9.69. The molecule has 3 saturated heterocycles. The van der Waals surface area contributed by atoms with Gasteiger partial charge in [0.1, 0.15) is 30.4 Å². The molecule has 3 aromatic heterocycles. The van der Waals surface area contributed by atoms with E-state index in [9.17, 15) is 29.5 Å². The van der Waals surface area contributed by atoms with Gasteiger partial charge in [-0.3, -0.25) is 19.6 Å². The smallest absolute Gasteiger partial charge is 0.349 e. The molecule has 6 heterocycles. The Morgan fingerprint density at radius 1 is 0.919 bits per heavy atom. The number of aromatic nitrogens is 1. The van der Waals surface area contributed by atoms with Crippen molar-refractivity contribution in [2.24, 2.45) is 17.8 Å². The Morgan fingerprint density at radius 3 is 2.10 bits per heavy atom. The summed E-state index contributed by atoms with van der Waals surface area (Å²) in [6.45, 7) is 7.61. The highest BCUT2D eigenvalue weighted by molar-refractivity contribution is 7.12. The zero-order valence-corrected chi connectivity index (χ0v) is 38.5. The number of quaternary nitrogens is 1. The quantitative estimate of drug-likeness (QED) is 0.0190. The lowest BCUT2D eigenvalue weighted by molar-refractivity contribution is -0.938. The molecule has 8 rings (SSSR count). The van der Waals surface area contributed by atoms with E-state index in [0.29, 0.717) is 52.5 Å². The summed E-state index contributed by atoms with van der Waals surface area (Å²) < 4.78 is 12.6. The van der Waals surface area contributed by atoms with Crippen LogP contribution in [0.2, 0.25) is 0 Å². The Morgan fingerprint density at radius 2 is 1.53 bits per heavy atom. The molecule has 7 atom stereocenters. The van der Waals surface area contributed by atoms with Crippen LogP contribution in [0.4, 0.5) is 0 Å². The number of ketones is 1. The van der Waals surface area contributed by atoms with E-state index in [2.05, 4.69) is 31.0 Å². The van der Waals surface area contributed by atoms with Crippen LogP contribution in [0.3, 0.4) is 0 Å². The van der Waals surface area contributed by atoms with Crippen molar-refractivity contribution in [1.82, 2.24) is 15.8 Å². The number of carbonyl (C=O) groups is 4. The molecule has 0 radical (unpaired) electrons. The summed E-state index contributed by atoms with van der Waals surface area (Å²) in [5.41, 5.74) is 2.20. The number of hydrogen-bond acceptors (Lipinski definition) is 10. The number of H-pyrrole nitrogens is 1. The number of rotatable bonds is 16. The number of fused-ring (bicyclic) bond motifs is 6. The van der Waals surface area contributed by atoms with Crippen LogP contribution in [0.15, 0.2) is 108 Å². The largest absolute Gasteiger partial charge is 1.00 e. The minimum Gasteiger partial charge on any atom is -1.00 e. The maximum Gasteiger partial charge on any atom is 0.349 e. The number of carbonyl (C=O) groups excluding carboxylic acids is 4. The van der Waals surface area contributed by atoms with Gasteiger partial charge in [0.05, 0.1) is 41.7 Å². The molecule has 0 spiro atoms. The van der Waals surface area contributed by atoms with Crippen LogP contribution in [0.25, 0.3) is 10.9 Å². The molecule has 3 fully saturated rings. The highest BCUT2D eigenvalue weighted by Crippen LogP contribution is 2.52. The third-order valence-corrected chi connectivity index (χ3v) is 14.5. The fourth-order valence-electron chi connectivity index (χ4n) is 9.31. The number of hydrogen-bond donors (Lipinski definition) is 5. The zero-order valence-electron chi connectivity index (χ0n) is 35.2. The molecule has 5 N–H and O–H groups in total. The summed E-state index contributed by atoms with van der Waals surface area (Å²) >= 11 is 2.74. The lowest BCUT2D eigenvalue weighted by Crippen LogP contribution is -3.00. The van der Waals surface area contributed by atoms with E-state index < -0.39 is 41.3 Å². The lowest BCUT2D eigenvalue weighted by atomic mass is 9.81. The number of morpholine rings is 1. The van der Waals surface area contributed by atoms with Gasteiger partial charge in [0, 0.05) is 41.9 Å². The average molecular weight is 948 g/mol. The van der Waals surface area contributed by atoms with Gasteiger partial charge in [-0.25, -0.2) is 10.3 Å². The van der Waals surface area contributed by atoms with Crippen LogP contribution in [-0.2, 0) is 35.9 Å². The van der Waals surface area contributed by atoms with E-state index in [1.165, 1.54) is 22.7 Å². The number of benzene rings is 2. The molecule has 2 bridgehead atoms. The Hall–Kier alpha value is -4.48. The van der Waals surface area contributed by atoms with Crippen molar-refractivity contribution in [3.63, 3.8) is 0 Å². The van der Waals surface area contributed by atoms with Crippen molar-refractivity contribution in [1.29, 1.82) is 0 Å². The SMILES string of the molecule is C=CC[C@@H](C(=O)NO)[C@@H](CC(C)C)C(=O)N[C@@H](Cc1ccccc1)C(=O)c1c[nH]c2ccccc12.C[N+]1(C)C2CC(OC(=O)C(O)(c3cccs3)c3cccs3)CC1C1OC12.[Br-]. The van der Waals surface area contributed by atoms with Gasteiger partial charge >= 0.3 is 5.97 Å². The molecule has 0 saturated carbocycles. The summed E-state index contributed by atoms with van der Waals surface area (Å²) in [4.78, 5) is 57.2. The first-order chi connectivity index (χ1) is 29.3. The van der Waals surface area contributed by atoms with E-state index >= 15 is 0 Å². The number of ether oxygens (including phenoxy) is 2. The molecular formula is C47H55BrN4O8S2. The molecule has 5 aromatic rings. The number of epoxide rings is 1. The Labute approximate surface area is 380 Å². The number of nitrogens with one attached hydrogen (secondary N) is 3. The Balaban J connectivity index is 0.000000211. The molecule has 0 aliphatic carbocycles. The first-order valence-corrected chi connectivity index (χ1v) is 22.5. The second-order valence-electron chi connectivity index (χ2n) is 17.2. The van der Waals surface area contributed by atoms with Crippen LogP contribution < -0.4 is 27.8 Å². The second kappa shape index (κ2) is 19.9. The predicted molar refractivity (Wildman–Crippen MR) is 235 cm³/mol. The molecule has 330 valence electrons. The van der Waals surface area contributed by atoms with E-state index in [1.807, 2.05) is 91.3 Å². The van der Waals surface area contributed by atoms with Crippen LogP contribution >= 0.6 is 22.7 Å². The van der Waals surface area contributed by atoms with E-state index in [4.69, 9.17) is 9.47 Å². The minimum absolute atomic E-state index is 0. The number of aliphatic hydroxyl groups is 1. The van der Waals surface area contributed by atoms with E-state index in [0.717, 1.165) is 33.8 Å². The summed E-state index contributed by atoms with van der Waals surface area (Å²) in [5.74, 6) is -3.25. The Kier molecular flexibility index (Phi) is 15.1. The van der Waals surface area contributed by atoms with E-state index in [-0.39, 0.29) is 41.2 Å². The number of halogens is 1. The second-order valence-corrected chi connectivity index (χ2v) is 19.1. The van der Waals surface area contributed by atoms with Gasteiger partial charge in [-0.15, -0.1) is 29.3 Å². The number of hydroxylamine groups is 1. The fourth-order valence-corrected chi connectivity index (χ4v) is 11.0. The van der Waals surface area contributed by atoms with Crippen molar-refractivity contribution in [2.45, 2.75) is 88.0 Å². The van der Waals surface area contributed by atoms with Gasteiger partial charge in [-0.1, -0.05) is 80.6 Å².